The highest BCUT2D eigenvalue weighted by atomic mass is 16.4. The van der Waals surface area contributed by atoms with Gasteiger partial charge in [0.2, 0.25) is 0 Å². The van der Waals surface area contributed by atoms with Crippen molar-refractivity contribution in [2.45, 2.75) is 64.7 Å². The zero-order chi connectivity index (χ0) is 10.2. The molecule has 0 saturated heterocycles. The first kappa shape index (κ1) is 11.5. The summed E-state index contributed by atoms with van der Waals surface area (Å²) in [5, 5.41) is 12.2. The smallest absolute Gasteiger partial charge is 0.0601 e. The van der Waals surface area contributed by atoms with Crippen LogP contribution in [0.1, 0.15) is 64.7 Å². The number of unbranched alkanes of at least 4 members (excludes halogenated alkanes) is 4. The normalized spacial score (nSPS) is 24.6. The molecule has 0 unspecified atom stereocenters. The van der Waals surface area contributed by atoms with Gasteiger partial charge in [0.25, 0.3) is 0 Å². The fraction of sp³-hybridized carbons (Fsp3) is 0.917. The molecule has 0 spiro atoms. The van der Waals surface area contributed by atoms with Crippen molar-refractivity contribution in [2.75, 3.05) is 0 Å². The molecule has 1 rings (SSSR count). The lowest BCUT2D eigenvalue weighted by atomic mass is 9.98. The van der Waals surface area contributed by atoms with Crippen molar-refractivity contribution in [3.8, 4) is 0 Å². The first-order valence-electron chi connectivity index (χ1n) is 6.09. The van der Waals surface area contributed by atoms with Gasteiger partial charge in [-0.3, -0.25) is 0 Å². The van der Waals surface area contributed by atoms with E-state index in [9.17, 15) is 0 Å². The molecule has 1 N–H and O–H groups in total. The summed E-state index contributed by atoms with van der Waals surface area (Å²) in [6, 6.07) is 0. The highest BCUT2D eigenvalue weighted by Gasteiger charge is 2.22. The van der Waals surface area contributed by atoms with E-state index in [-0.39, 0.29) is 0 Å². The van der Waals surface area contributed by atoms with E-state index >= 15 is 0 Å². The van der Waals surface area contributed by atoms with Crippen LogP contribution in [0.5, 0.6) is 0 Å². The molecule has 0 aromatic carbocycles. The predicted molar refractivity (Wildman–Crippen MR) is 59.9 cm³/mol. The van der Waals surface area contributed by atoms with Gasteiger partial charge < -0.3 is 5.21 Å². The molecule has 0 radical (unpaired) electrons. The highest BCUT2D eigenvalue weighted by Crippen LogP contribution is 2.27. The molecule has 2 nitrogen and oxygen atoms in total. The zero-order valence-corrected chi connectivity index (χ0v) is 9.34. The molecule has 0 aliphatic heterocycles. The minimum atomic E-state index is 0.599. The molecule has 0 bridgehead atoms. The van der Waals surface area contributed by atoms with Crippen LogP contribution in [0.4, 0.5) is 0 Å². The summed E-state index contributed by atoms with van der Waals surface area (Å²) < 4.78 is 0. The maximum atomic E-state index is 8.77. The second kappa shape index (κ2) is 6.86. The SMILES string of the molecule is CCCCCCC[C@H]1CCCC1=NO. The van der Waals surface area contributed by atoms with Crippen LogP contribution in [0, 0.1) is 5.92 Å². The van der Waals surface area contributed by atoms with Crippen molar-refractivity contribution >= 4 is 5.71 Å². The van der Waals surface area contributed by atoms with Crippen LogP contribution in [0.3, 0.4) is 0 Å². The van der Waals surface area contributed by atoms with Gasteiger partial charge in [-0.15, -0.1) is 0 Å². The van der Waals surface area contributed by atoms with E-state index in [1.807, 2.05) is 0 Å². The zero-order valence-electron chi connectivity index (χ0n) is 9.34. The van der Waals surface area contributed by atoms with Gasteiger partial charge in [-0.05, 0) is 25.7 Å². The second-order valence-corrected chi connectivity index (χ2v) is 4.38. The Morgan fingerprint density at radius 2 is 2.07 bits per heavy atom. The van der Waals surface area contributed by atoms with Crippen LogP contribution in [-0.4, -0.2) is 10.9 Å². The van der Waals surface area contributed by atoms with E-state index in [4.69, 9.17) is 5.21 Å². The third-order valence-corrected chi connectivity index (χ3v) is 3.24. The van der Waals surface area contributed by atoms with Gasteiger partial charge in [-0.2, -0.15) is 0 Å². The Morgan fingerprint density at radius 1 is 1.29 bits per heavy atom. The lowest BCUT2D eigenvalue weighted by molar-refractivity contribution is 0.314. The molecule has 0 heterocycles. The fourth-order valence-electron chi connectivity index (χ4n) is 2.34. The van der Waals surface area contributed by atoms with Crippen LogP contribution in [-0.2, 0) is 0 Å². The molecule has 0 aromatic rings. The van der Waals surface area contributed by atoms with E-state index in [1.54, 1.807) is 0 Å². The summed E-state index contributed by atoms with van der Waals surface area (Å²) in [5.41, 5.74) is 1.06. The van der Waals surface area contributed by atoms with Crippen LogP contribution < -0.4 is 0 Å². The number of hydrogen-bond acceptors (Lipinski definition) is 2. The van der Waals surface area contributed by atoms with Crippen LogP contribution in [0.25, 0.3) is 0 Å². The third-order valence-electron chi connectivity index (χ3n) is 3.24. The Balaban J connectivity index is 2.06. The maximum Gasteiger partial charge on any atom is 0.0601 e. The van der Waals surface area contributed by atoms with Crippen molar-refractivity contribution in [2.24, 2.45) is 11.1 Å². The minimum Gasteiger partial charge on any atom is -0.411 e. The topological polar surface area (TPSA) is 32.6 Å². The van der Waals surface area contributed by atoms with Crippen molar-refractivity contribution in [3.63, 3.8) is 0 Å². The van der Waals surface area contributed by atoms with Crippen molar-refractivity contribution < 1.29 is 5.21 Å². The number of rotatable bonds is 6. The van der Waals surface area contributed by atoms with Crippen molar-refractivity contribution in [1.29, 1.82) is 0 Å². The quantitative estimate of drug-likeness (QED) is 0.390. The molecule has 82 valence electrons. The summed E-state index contributed by atoms with van der Waals surface area (Å²) in [7, 11) is 0. The molecule has 0 aromatic heterocycles. The standard InChI is InChI=1S/C12H23NO/c1-2-3-4-5-6-8-11-9-7-10-12(11)13-14/h11,14H,2-10H2,1H3/t11-/m0/s1. The predicted octanol–water partition coefficient (Wildman–Crippen LogP) is 3.98. The Labute approximate surface area is 87.4 Å². The molecule has 14 heavy (non-hydrogen) atoms. The molecular formula is C12H23NO. The first-order chi connectivity index (χ1) is 6.88. The lowest BCUT2D eigenvalue weighted by Crippen LogP contribution is -2.06. The highest BCUT2D eigenvalue weighted by molar-refractivity contribution is 5.87. The first-order valence-corrected chi connectivity index (χ1v) is 6.09. The number of oxime groups is 1. The average molecular weight is 197 g/mol. The molecular weight excluding hydrogens is 174 g/mol. The monoisotopic (exact) mass is 197 g/mol. The Kier molecular flexibility index (Phi) is 5.65. The maximum absolute atomic E-state index is 8.77. The van der Waals surface area contributed by atoms with Gasteiger partial charge in [0, 0.05) is 5.92 Å². The minimum absolute atomic E-state index is 0.599. The van der Waals surface area contributed by atoms with Crippen LogP contribution in [0.2, 0.25) is 0 Å². The van der Waals surface area contributed by atoms with Gasteiger partial charge >= 0.3 is 0 Å². The molecule has 1 aliphatic carbocycles. The summed E-state index contributed by atoms with van der Waals surface area (Å²) >= 11 is 0. The average Bonchev–Trinajstić information content (AvgIpc) is 2.65. The Bertz CT molecular complexity index is 177. The van der Waals surface area contributed by atoms with E-state index in [2.05, 4.69) is 12.1 Å². The van der Waals surface area contributed by atoms with Crippen molar-refractivity contribution in [1.82, 2.24) is 0 Å². The summed E-state index contributed by atoms with van der Waals surface area (Å²) in [5.74, 6) is 0.599. The third kappa shape index (κ3) is 3.69. The molecule has 1 aliphatic rings. The van der Waals surface area contributed by atoms with E-state index in [1.165, 1.54) is 51.4 Å². The van der Waals surface area contributed by atoms with Crippen LogP contribution in [0.15, 0.2) is 5.16 Å². The molecule has 2 heteroatoms. The Morgan fingerprint density at radius 3 is 2.79 bits per heavy atom. The summed E-state index contributed by atoms with van der Waals surface area (Å²) in [4.78, 5) is 0. The van der Waals surface area contributed by atoms with Gasteiger partial charge in [0.15, 0.2) is 0 Å². The van der Waals surface area contributed by atoms with Crippen LogP contribution >= 0.6 is 0 Å². The van der Waals surface area contributed by atoms with Gasteiger partial charge in [0.1, 0.15) is 0 Å². The Hall–Kier alpha value is -0.530. The molecule has 1 atom stereocenters. The number of nitrogens with zero attached hydrogens (tertiary/aromatic N) is 1. The fourth-order valence-corrected chi connectivity index (χ4v) is 2.34. The van der Waals surface area contributed by atoms with E-state index < -0.39 is 0 Å². The molecule has 1 saturated carbocycles. The molecule has 1 fully saturated rings. The second-order valence-electron chi connectivity index (χ2n) is 4.38. The van der Waals surface area contributed by atoms with E-state index in [0.717, 1.165) is 12.1 Å². The largest absolute Gasteiger partial charge is 0.411 e. The van der Waals surface area contributed by atoms with Gasteiger partial charge in [0.05, 0.1) is 5.71 Å². The van der Waals surface area contributed by atoms with Gasteiger partial charge in [-0.1, -0.05) is 44.2 Å². The summed E-state index contributed by atoms with van der Waals surface area (Å²) in [6.45, 7) is 2.24. The number of hydrogen-bond donors (Lipinski definition) is 1. The summed E-state index contributed by atoms with van der Waals surface area (Å²) in [6.07, 6.45) is 11.4. The van der Waals surface area contributed by atoms with E-state index in [0.29, 0.717) is 5.92 Å². The van der Waals surface area contributed by atoms with Gasteiger partial charge in [-0.25, -0.2) is 0 Å². The van der Waals surface area contributed by atoms with Crippen molar-refractivity contribution in [3.05, 3.63) is 0 Å². The molecule has 0 amide bonds. The lowest BCUT2D eigenvalue weighted by Gasteiger charge is -2.08.